The van der Waals surface area contributed by atoms with Gasteiger partial charge in [0, 0.05) is 25.1 Å². The highest BCUT2D eigenvalue weighted by atomic mass is 16.5. The lowest BCUT2D eigenvalue weighted by Gasteiger charge is -2.23. The van der Waals surface area contributed by atoms with Crippen molar-refractivity contribution in [3.05, 3.63) is 11.9 Å². The third-order valence-corrected chi connectivity index (χ3v) is 3.65. The summed E-state index contributed by atoms with van der Waals surface area (Å²) in [6.07, 6.45) is 4.60. The van der Waals surface area contributed by atoms with Crippen molar-refractivity contribution in [2.75, 3.05) is 24.2 Å². The molecule has 5 heteroatoms. The van der Waals surface area contributed by atoms with Crippen molar-refractivity contribution in [2.45, 2.75) is 44.1 Å². The predicted octanol–water partition coefficient (Wildman–Crippen LogP) is 1.92. The predicted molar refractivity (Wildman–Crippen MR) is 70.5 cm³/mol. The molecule has 2 fully saturated rings. The Morgan fingerprint density at radius 3 is 3.00 bits per heavy atom. The Hall–Kier alpha value is -1.36. The normalized spacial score (nSPS) is 27.4. The zero-order valence-corrected chi connectivity index (χ0v) is 10.8. The molecule has 1 aromatic heterocycles. The van der Waals surface area contributed by atoms with E-state index in [2.05, 4.69) is 22.2 Å². The van der Waals surface area contributed by atoms with E-state index in [9.17, 15) is 0 Å². The summed E-state index contributed by atoms with van der Waals surface area (Å²) in [5, 5.41) is 3.33. The molecule has 3 rings (SSSR count). The quantitative estimate of drug-likeness (QED) is 0.851. The molecule has 18 heavy (non-hydrogen) atoms. The Bertz CT molecular complexity index is 439. The van der Waals surface area contributed by atoms with Gasteiger partial charge in [0.2, 0.25) is 0 Å². The average molecular weight is 248 g/mol. The number of nitrogens with one attached hydrogen (secondary N) is 1. The number of aromatic nitrogens is 2. The van der Waals surface area contributed by atoms with Gasteiger partial charge in [-0.3, -0.25) is 0 Å². The molecule has 1 aromatic rings. The van der Waals surface area contributed by atoms with Gasteiger partial charge in [0.1, 0.15) is 17.5 Å². The van der Waals surface area contributed by atoms with E-state index >= 15 is 0 Å². The molecule has 0 radical (unpaired) electrons. The number of rotatable bonds is 4. The molecule has 1 saturated carbocycles. The molecule has 1 aliphatic carbocycles. The molecule has 3 N–H and O–H groups in total. The molecule has 98 valence electrons. The van der Waals surface area contributed by atoms with Gasteiger partial charge in [0.15, 0.2) is 0 Å². The number of nitrogens with two attached hydrogens (primary N) is 1. The lowest BCUT2D eigenvalue weighted by Crippen LogP contribution is -2.32. The first kappa shape index (κ1) is 11.7. The van der Waals surface area contributed by atoms with Gasteiger partial charge < -0.3 is 15.8 Å². The molecular weight excluding hydrogens is 228 g/mol. The van der Waals surface area contributed by atoms with Crippen molar-refractivity contribution < 1.29 is 4.74 Å². The maximum atomic E-state index is 5.82. The second-order valence-corrected chi connectivity index (χ2v) is 5.57. The standard InChI is InChI=1S/C13H20N4O/c1-13(5-2-6-18-13)8-15-11-7-10(14)16-12(17-11)9-3-4-9/h7,9H,2-6,8H2,1H3,(H3,14,15,16,17). The first-order valence-corrected chi connectivity index (χ1v) is 6.67. The lowest BCUT2D eigenvalue weighted by molar-refractivity contribution is 0.0314. The second-order valence-electron chi connectivity index (χ2n) is 5.57. The lowest BCUT2D eigenvalue weighted by atomic mass is 10.0. The van der Waals surface area contributed by atoms with Crippen molar-refractivity contribution >= 4 is 11.6 Å². The first-order chi connectivity index (χ1) is 8.65. The largest absolute Gasteiger partial charge is 0.384 e. The number of nitrogen functional groups attached to an aromatic ring is 1. The van der Waals surface area contributed by atoms with E-state index in [4.69, 9.17) is 10.5 Å². The van der Waals surface area contributed by atoms with Crippen LogP contribution < -0.4 is 11.1 Å². The number of nitrogens with zero attached hydrogens (tertiary/aromatic N) is 2. The molecule has 1 saturated heterocycles. The Labute approximate surface area is 107 Å². The summed E-state index contributed by atoms with van der Waals surface area (Å²) in [4.78, 5) is 8.82. The van der Waals surface area contributed by atoms with E-state index in [1.807, 2.05) is 0 Å². The molecular formula is C13H20N4O. The van der Waals surface area contributed by atoms with Crippen molar-refractivity contribution in [2.24, 2.45) is 0 Å². The minimum absolute atomic E-state index is 0.0700. The smallest absolute Gasteiger partial charge is 0.136 e. The number of anilines is 2. The van der Waals surface area contributed by atoms with Gasteiger partial charge in [0.05, 0.1) is 5.60 Å². The van der Waals surface area contributed by atoms with Gasteiger partial charge in [0.25, 0.3) is 0 Å². The molecule has 2 heterocycles. The van der Waals surface area contributed by atoms with E-state index in [-0.39, 0.29) is 5.60 Å². The molecule has 0 aromatic carbocycles. The Balaban J connectivity index is 1.68. The van der Waals surface area contributed by atoms with Crippen LogP contribution in [-0.4, -0.2) is 28.7 Å². The van der Waals surface area contributed by atoms with E-state index in [1.165, 1.54) is 12.8 Å². The fraction of sp³-hybridized carbons (Fsp3) is 0.692. The zero-order chi connectivity index (χ0) is 12.6. The van der Waals surface area contributed by atoms with Crippen LogP contribution in [0.1, 0.15) is 44.3 Å². The fourth-order valence-electron chi connectivity index (χ4n) is 2.35. The van der Waals surface area contributed by atoms with Crippen molar-refractivity contribution in [1.29, 1.82) is 0 Å². The van der Waals surface area contributed by atoms with Crippen LogP contribution in [0.3, 0.4) is 0 Å². The summed E-state index contributed by atoms with van der Waals surface area (Å²) in [5.74, 6) is 2.77. The van der Waals surface area contributed by atoms with Crippen molar-refractivity contribution in [3.8, 4) is 0 Å². The van der Waals surface area contributed by atoms with E-state index < -0.39 is 0 Å². The maximum Gasteiger partial charge on any atom is 0.136 e. The highest BCUT2D eigenvalue weighted by molar-refractivity contribution is 5.45. The zero-order valence-electron chi connectivity index (χ0n) is 10.8. The fourth-order valence-corrected chi connectivity index (χ4v) is 2.35. The summed E-state index contributed by atoms with van der Waals surface area (Å²) in [7, 11) is 0. The van der Waals surface area contributed by atoms with Crippen LogP contribution in [0, 0.1) is 0 Å². The average Bonchev–Trinajstić information content (AvgIpc) is 3.10. The topological polar surface area (TPSA) is 73.1 Å². The van der Waals surface area contributed by atoms with E-state index in [1.54, 1.807) is 6.07 Å². The third-order valence-electron chi connectivity index (χ3n) is 3.65. The molecule has 1 aliphatic heterocycles. The van der Waals surface area contributed by atoms with E-state index in [0.717, 1.165) is 37.6 Å². The molecule has 0 bridgehead atoms. The molecule has 1 unspecified atom stereocenters. The number of hydrogen-bond donors (Lipinski definition) is 2. The Kier molecular flexibility index (Phi) is 2.86. The van der Waals surface area contributed by atoms with Gasteiger partial charge in [-0.15, -0.1) is 0 Å². The van der Waals surface area contributed by atoms with E-state index in [0.29, 0.717) is 11.7 Å². The monoisotopic (exact) mass is 248 g/mol. The van der Waals surface area contributed by atoms with Crippen molar-refractivity contribution in [3.63, 3.8) is 0 Å². The Morgan fingerprint density at radius 2 is 2.33 bits per heavy atom. The second kappa shape index (κ2) is 4.39. The third kappa shape index (κ3) is 2.56. The first-order valence-electron chi connectivity index (χ1n) is 6.67. The minimum atomic E-state index is -0.0700. The summed E-state index contributed by atoms with van der Waals surface area (Å²) in [5.41, 5.74) is 5.75. The van der Waals surface area contributed by atoms with Crippen LogP contribution in [0.5, 0.6) is 0 Å². The van der Waals surface area contributed by atoms with Crippen LogP contribution in [0.25, 0.3) is 0 Å². The van der Waals surface area contributed by atoms with Gasteiger partial charge in [-0.2, -0.15) is 0 Å². The minimum Gasteiger partial charge on any atom is -0.384 e. The van der Waals surface area contributed by atoms with Crippen LogP contribution in [0.2, 0.25) is 0 Å². The number of hydrogen-bond acceptors (Lipinski definition) is 5. The summed E-state index contributed by atoms with van der Waals surface area (Å²) >= 11 is 0. The van der Waals surface area contributed by atoms with Gasteiger partial charge in [-0.1, -0.05) is 0 Å². The van der Waals surface area contributed by atoms with Crippen LogP contribution in [-0.2, 0) is 4.74 Å². The maximum absolute atomic E-state index is 5.82. The summed E-state index contributed by atoms with van der Waals surface area (Å²) < 4.78 is 5.75. The highest BCUT2D eigenvalue weighted by Crippen LogP contribution is 2.38. The van der Waals surface area contributed by atoms with Gasteiger partial charge in [-0.05, 0) is 32.6 Å². The molecule has 0 amide bonds. The van der Waals surface area contributed by atoms with Gasteiger partial charge >= 0.3 is 0 Å². The SMILES string of the molecule is CC1(CNc2cc(N)nc(C3CC3)n2)CCCO1. The number of ether oxygens (including phenoxy) is 1. The summed E-state index contributed by atoms with van der Waals surface area (Å²) in [6.45, 7) is 3.77. The summed E-state index contributed by atoms with van der Waals surface area (Å²) in [6, 6.07) is 1.80. The van der Waals surface area contributed by atoms with Gasteiger partial charge in [-0.25, -0.2) is 9.97 Å². The molecule has 0 spiro atoms. The van der Waals surface area contributed by atoms with Crippen molar-refractivity contribution in [1.82, 2.24) is 9.97 Å². The molecule has 1 atom stereocenters. The van der Waals surface area contributed by atoms with Crippen LogP contribution in [0.15, 0.2) is 6.07 Å². The highest BCUT2D eigenvalue weighted by Gasteiger charge is 2.30. The Morgan fingerprint density at radius 1 is 1.50 bits per heavy atom. The molecule has 5 nitrogen and oxygen atoms in total. The van der Waals surface area contributed by atoms with Crippen LogP contribution >= 0.6 is 0 Å². The molecule has 2 aliphatic rings. The van der Waals surface area contributed by atoms with Crippen LogP contribution in [0.4, 0.5) is 11.6 Å².